The summed E-state index contributed by atoms with van der Waals surface area (Å²) < 4.78 is 6.00. The van der Waals surface area contributed by atoms with Crippen LogP contribution >= 0.6 is 11.8 Å². The summed E-state index contributed by atoms with van der Waals surface area (Å²) in [5, 5.41) is 10.6. The fraction of sp³-hybridized carbons (Fsp3) is 1.00. The number of hydrogen-bond donors (Lipinski definition) is 1. The lowest BCUT2D eigenvalue weighted by Gasteiger charge is -2.45. The SMILES string of the molecule is CC(C)C(C)(O)C1CCOC2(CCSC2)C1. The summed E-state index contributed by atoms with van der Waals surface area (Å²) in [4.78, 5) is 0. The van der Waals surface area contributed by atoms with Gasteiger partial charge in [-0.3, -0.25) is 0 Å². The summed E-state index contributed by atoms with van der Waals surface area (Å²) >= 11 is 1.99. The first-order valence-corrected chi connectivity index (χ1v) is 7.56. The van der Waals surface area contributed by atoms with Gasteiger partial charge in [0.1, 0.15) is 0 Å². The maximum Gasteiger partial charge on any atom is 0.0784 e. The van der Waals surface area contributed by atoms with E-state index in [1.807, 2.05) is 18.7 Å². The topological polar surface area (TPSA) is 29.5 Å². The number of ether oxygens (including phenoxy) is 1. The van der Waals surface area contributed by atoms with Crippen LogP contribution in [0.4, 0.5) is 0 Å². The van der Waals surface area contributed by atoms with Gasteiger partial charge in [-0.05, 0) is 43.8 Å². The molecule has 2 rings (SSSR count). The molecular weight excluding hydrogens is 220 g/mol. The van der Waals surface area contributed by atoms with Crippen molar-refractivity contribution in [2.75, 3.05) is 18.1 Å². The lowest BCUT2D eigenvalue weighted by atomic mass is 9.72. The third-order valence-electron chi connectivity index (χ3n) is 4.56. The molecule has 0 saturated carbocycles. The van der Waals surface area contributed by atoms with Gasteiger partial charge in [0.15, 0.2) is 0 Å². The Labute approximate surface area is 103 Å². The first kappa shape index (κ1) is 12.7. The van der Waals surface area contributed by atoms with Crippen LogP contribution in [0.2, 0.25) is 0 Å². The summed E-state index contributed by atoms with van der Waals surface area (Å²) in [6.45, 7) is 7.06. The monoisotopic (exact) mass is 244 g/mol. The van der Waals surface area contributed by atoms with Crippen LogP contribution in [0.5, 0.6) is 0 Å². The van der Waals surface area contributed by atoms with Crippen molar-refractivity contribution in [2.45, 2.75) is 51.2 Å². The predicted molar refractivity (Wildman–Crippen MR) is 68.8 cm³/mol. The molecule has 2 fully saturated rings. The first-order valence-electron chi connectivity index (χ1n) is 6.40. The number of thioether (sulfide) groups is 1. The van der Waals surface area contributed by atoms with Gasteiger partial charge in [-0.2, -0.15) is 11.8 Å². The molecule has 0 amide bonds. The van der Waals surface area contributed by atoms with Gasteiger partial charge in [0.2, 0.25) is 0 Å². The second-order valence-electron chi connectivity index (χ2n) is 5.90. The van der Waals surface area contributed by atoms with Crippen molar-refractivity contribution in [3.8, 4) is 0 Å². The van der Waals surface area contributed by atoms with Gasteiger partial charge in [0.25, 0.3) is 0 Å². The smallest absolute Gasteiger partial charge is 0.0784 e. The Hall–Kier alpha value is 0.270. The minimum Gasteiger partial charge on any atom is -0.390 e. The maximum atomic E-state index is 10.6. The van der Waals surface area contributed by atoms with Crippen LogP contribution in [0.15, 0.2) is 0 Å². The molecule has 2 heterocycles. The summed E-state index contributed by atoms with van der Waals surface area (Å²) in [7, 11) is 0. The Morgan fingerprint density at radius 1 is 1.50 bits per heavy atom. The molecule has 2 aliphatic rings. The van der Waals surface area contributed by atoms with Crippen LogP contribution in [0.1, 0.15) is 40.0 Å². The zero-order chi connectivity index (χ0) is 11.8. The molecule has 0 aromatic heterocycles. The average Bonchev–Trinajstić information content (AvgIpc) is 2.66. The highest BCUT2D eigenvalue weighted by Crippen LogP contribution is 2.44. The molecular formula is C13H24O2S. The first-order chi connectivity index (χ1) is 7.46. The van der Waals surface area contributed by atoms with E-state index in [1.54, 1.807) is 0 Å². The average molecular weight is 244 g/mol. The van der Waals surface area contributed by atoms with Crippen molar-refractivity contribution in [2.24, 2.45) is 11.8 Å². The van der Waals surface area contributed by atoms with Crippen molar-refractivity contribution in [1.82, 2.24) is 0 Å². The second-order valence-corrected chi connectivity index (χ2v) is 7.01. The summed E-state index contributed by atoms with van der Waals surface area (Å²) in [5.74, 6) is 3.07. The van der Waals surface area contributed by atoms with Crippen LogP contribution < -0.4 is 0 Å². The van der Waals surface area contributed by atoms with E-state index in [1.165, 1.54) is 12.2 Å². The number of aliphatic hydroxyl groups is 1. The third kappa shape index (κ3) is 2.27. The molecule has 0 aromatic rings. The molecule has 1 N–H and O–H groups in total. The molecule has 3 atom stereocenters. The van der Waals surface area contributed by atoms with Gasteiger partial charge >= 0.3 is 0 Å². The Bertz CT molecular complexity index is 244. The zero-order valence-electron chi connectivity index (χ0n) is 10.7. The third-order valence-corrected chi connectivity index (χ3v) is 5.78. The molecule has 0 radical (unpaired) electrons. The minimum absolute atomic E-state index is 0.0897. The minimum atomic E-state index is -0.538. The molecule has 0 bridgehead atoms. The van der Waals surface area contributed by atoms with E-state index in [0.717, 1.165) is 25.2 Å². The number of hydrogen-bond acceptors (Lipinski definition) is 3. The molecule has 2 aliphatic heterocycles. The molecule has 1 spiro atoms. The maximum absolute atomic E-state index is 10.6. The normalized spacial score (nSPS) is 39.2. The van der Waals surface area contributed by atoms with E-state index in [0.29, 0.717) is 11.8 Å². The molecule has 2 saturated heterocycles. The fourth-order valence-electron chi connectivity index (χ4n) is 2.86. The molecule has 0 aliphatic carbocycles. The molecule has 3 unspecified atom stereocenters. The predicted octanol–water partition coefficient (Wildman–Crippen LogP) is 2.70. The molecule has 2 nitrogen and oxygen atoms in total. The van der Waals surface area contributed by atoms with Crippen molar-refractivity contribution in [1.29, 1.82) is 0 Å². The van der Waals surface area contributed by atoms with E-state index < -0.39 is 5.60 Å². The van der Waals surface area contributed by atoms with Crippen LogP contribution in [0.3, 0.4) is 0 Å². The second kappa shape index (κ2) is 4.51. The lowest BCUT2D eigenvalue weighted by molar-refractivity contribution is -0.139. The molecule has 94 valence electrons. The quantitative estimate of drug-likeness (QED) is 0.810. The highest BCUT2D eigenvalue weighted by molar-refractivity contribution is 7.99. The van der Waals surface area contributed by atoms with E-state index in [2.05, 4.69) is 13.8 Å². The summed E-state index contributed by atoms with van der Waals surface area (Å²) in [6.07, 6.45) is 3.23. The lowest BCUT2D eigenvalue weighted by Crippen LogP contribution is -2.49. The van der Waals surface area contributed by atoms with Gasteiger partial charge in [-0.15, -0.1) is 0 Å². The van der Waals surface area contributed by atoms with E-state index in [4.69, 9.17) is 4.74 Å². The van der Waals surface area contributed by atoms with Gasteiger partial charge in [-0.25, -0.2) is 0 Å². The van der Waals surface area contributed by atoms with Crippen molar-refractivity contribution < 1.29 is 9.84 Å². The largest absolute Gasteiger partial charge is 0.390 e. The van der Waals surface area contributed by atoms with Crippen LogP contribution in [0.25, 0.3) is 0 Å². The summed E-state index contributed by atoms with van der Waals surface area (Å²) in [5.41, 5.74) is -0.448. The Morgan fingerprint density at radius 2 is 2.25 bits per heavy atom. The Balaban J connectivity index is 2.06. The van der Waals surface area contributed by atoms with Crippen molar-refractivity contribution in [3.05, 3.63) is 0 Å². The highest BCUT2D eigenvalue weighted by Gasteiger charge is 2.46. The van der Waals surface area contributed by atoms with Crippen LogP contribution in [-0.4, -0.2) is 34.4 Å². The van der Waals surface area contributed by atoms with Crippen molar-refractivity contribution in [3.63, 3.8) is 0 Å². The molecule has 0 aromatic carbocycles. The highest BCUT2D eigenvalue weighted by atomic mass is 32.2. The van der Waals surface area contributed by atoms with Crippen LogP contribution in [0, 0.1) is 11.8 Å². The zero-order valence-corrected chi connectivity index (χ0v) is 11.5. The van der Waals surface area contributed by atoms with E-state index in [9.17, 15) is 5.11 Å². The van der Waals surface area contributed by atoms with Gasteiger partial charge in [0, 0.05) is 12.4 Å². The molecule has 16 heavy (non-hydrogen) atoms. The molecule has 3 heteroatoms. The van der Waals surface area contributed by atoms with Crippen LogP contribution in [-0.2, 0) is 4.74 Å². The summed E-state index contributed by atoms with van der Waals surface area (Å²) in [6, 6.07) is 0. The van der Waals surface area contributed by atoms with E-state index in [-0.39, 0.29) is 5.60 Å². The standard InChI is InChI=1S/C13H24O2S/c1-10(2)12(3,14)11-4-6-15-13(8-11)5-7-16-9-13/h10-11,14H,4-9H2,1-3H3. The fourth-order valence-corrected chi connectivity index (χ4v) is 4.24. The van der Waals surface area contributed by atoms with Gasteiger partial charge in [0.05, 0.1) is 11.2 Å². The Kier molecular flexibility index (Phi) is 3.58. The van der Waals surface area contributed by atoms with Gasteiger partial charge < -0.3 is 9.84 Å². The van der Waals surface area contributed by atoms with E-state index >= 15 is 0 Å². The Morgan fingerprint density at radius 3 is 2.81 bits per heavy atom. The van der Waals surface area contributed by atoms with Gasteiger partial charge in [-0.1, -0.05) is 13.8 Å². The number of rotatable bonds is 2. The van der Waals surface area contributed by atoms with Crippen molar-refractivity contribution >= 4 is 11.8 Å².